The topological polar surface area (TPSA) is 66.1 Å². The van der Waals surface area contributed by atoms with E-state index in [1.54, 1.807) is 0 Å². The van der Waals surface area contributed by atoms with Crippen molar-refractivity contribution in [3.8, 4) is 5.75 Å². The predicted octanol–water partition coefficient (Wildman–Crippen LogP) is 1.28. The van der Waals surface area contributed by atoms with Crippen LogP contribution in [-0.4, -0.2) is 40.9 Å². The highest BCUT2D eigenvalue weighted by atomic mass is 16.5. The molecule has 0 bridgehead atoms. The summed E-state index contributed by atoms with van der Waals surface area (Å²) < 4.78 is 5.95. The molecule has 1 saturated heterocycles. The molecule has 21 heavy (non-hydrogen) atoms. The Hall–Kier alpha value is -2.08. The predicted molar refractivity (Wildman–Crippen MR) is 79.6 cm³/mol. The summed E-state index contributed by atoms with van der Waals surface area (Å²) >= 11 is 0. The molecule has 0 spiro atoms. The number of fused-ring (bicyclic) bond motifs is 1. The lowest BCUT2D eigenvalue weighted by atomic mass is 10.1. The van der Waals surface area contributed by atoms with E-state index in [-0.39, 0.29) is 6.10 Å². The second-order valence-electron chi connectivity index (χ2n) is 5.74. The number of benzene rings is 1. The molecule has 1 unspecified atom stereocenters. The largest absolute Gasteiger partial charge is 0.482 e. The zero-order valence-electron chi connectivity index (χ0n) is 12.0. The van der Waals surface area contributed by atoms with Gasteiger partial charge in [0, 0.05) is 32.1 Å². The zero-order chi connectivity index (χ0) is 14.2. The van der Waals surface area contributed by atoms with E-state index in [0.29, 0.717) is 6.04 Å². The van der Waals surface area contributed by atoms with Crippen LogP contribution in [0.5, 0.6) is 5.75 Å². The van der Waals surface area contributed by atoms with Gasteiger partial charge < -0.3 is 15.0 Å². The number of nitrogens with zero attached hydrogens (tertiary/aromatic N) is 3. The lowest BCUT2D eigenvalue weighted by molar-refractivity contribution is 0.228. The summed E-state index contributed by atoms with van der Waals surface area (Å²) in [6, 6.07) is 8.61. The molecule has 0 aliphatic carbocycles. The molecule has 0 radical (unpaired) electrons. The number of piperazine rings is 1. The Balaban J connectivity index is 1.51. The third-order valence-electron chi connectivity index (χ3n) is 4.09. The van der Waals surface area contributed by atoms with Gasteiger partial charge in [-0.25, -0.2) is 0 Å². The fraction of sp³-hybridized carbons (Fsp3) is 0.467. The maximum atomic E-state index is 5.95. The van der Waals surface area contributed by atoms with E-state index in [9.17, 15) is 0 Å². The van der Waals surface area contributed by atoms with Crippen LogP contribution in [0.25, 0.3) is 0 Å². The first-order chi connectivity index (χ1) is 10.3. The summed E-state index contributed by atoms with van der Waals surface area (Å²) in [5.41, 5.74) is 1.23. The molecule has 1 aromatic carbocycles. The highest BCUT2D eigenvalue weighted by Gasteiger charge is 2.28. The lowest BCUT2D eigenvalue weighted by Gasteiger charge is -2.30. The number of hydrogen-bond donors (Lipinski definition) is 2. The standard InChI is InChI=1S/C15H19N5O/c1-10-9-20(7-6-16-10)15-17-14(18-19-15)13-8-11-4-2-3-5-12(11)21-13/h2-5,10,13,16H,6-9H2,1H3,(H,17,18,19)/t10-,13?/m0/s1. The summed E-state index contributed by atoms with van der Waals surface area (Å²) in [6.07, 6.45) is 0.798. The molecule has 6 heteroatoms. The van der Waals surface area contributed by atoms with E-state index in [1.807, 2.05) is 18.2 Å². The van der Waals surface area contributed by atoms with Crippen LogP contribution in [0.3, 0.4) is 0 Å². The molecule has 1 fully saturated rings. The van der Waals surface area contributed by atoms with E-state index in [2.05, 4.69) is 38.4 Å². The van der Waals surface area contributed by atoms with Gasteiger partial charge in [-0.2, -0.15) is 4.98 Å². The van der Waals surface area contributed by atoms with E-state index in [1.165, 1.54) is 5.56 Å². The molecule has 1 aromatic heterocycles. The smallest absolute Gasteiger partial charge is 0.244 e. The molecule has 2 aliphatic heterocycles. The maximum Gasteiger partial charge on any atom is 0.244 e. The van der Waals surface area contributed by atoms with Gasteiger partial charge in [0.1, 0.15) is 5.75 Å². The van der Waals surface area contributed by atoms with Gasteiger partial charge in [0.25, 0.3) is 0 Å². The van der Waals surface area contributed by atoms with Crippen molar-refractivity contribution in [2.24, 2.45) is 0 Å². The van der Waals surface area contributed by atoms with Crippen LogP contribution in [0.15, 0.2) is 24.3 Å². The van der Waals surface area contributed by atoms with Crippen LogP contribution in [0.2, 0.25) is 0 Å². The third kappa shape index (κ3) is 2.35. The first-order valence-electron chi connectivity index (χ1n) is 7.45. The van der Waals surface area contributed by atoms with E-state index in [0.717, 1.165) is 43.6 Å². The lowest BCUT2D eigenvalue weighted by Crippen LogP contribution is -2.49. The van der Waals surface area contributed by atoms with E-state index < -0.39 is 0 Å². The van der Waals surface area contributed by atoms with Crippen LogP contribution < -0.4 is 15.0 Å². The molecule has 6 nitrogen and oxygen atoms in total. The van der Waals surface area contributed by atoms with E-state index in [4.69, 9.17) is 4.74 Å². The number of anilines is 1. The SMILES string of the molecule is C[C@H]1CN(c2n[nH]c(C3Cc4ccccc4O3)n2)CCN1. The third-order valence-corrected chi connectivity index (χ3v) is 4.09. The monoisotopic (exact) mass is 285 g/mol. The van der Waals surface area contributed by atoms with Gasteiger partial charge in [-0.05, 0) is 18.6 Å². The van der Waals surface area contributed by atoms with Crippen LogP contribution >= 0.6 is 0 Å². The average molecular weight is 285 g/mol. The normalized spacial score (nSPS) is 24.7. The van der Waals surface area contributed by atoms with Crippen molar-refractivity contribution < 1.29 is 4.74 Å². The van der Waals surface area contributed by atoms with Crippen molar-refractivity contribution in [3.63, 3.8) is 0 Å². The molecular formula is C15H19N5O. The molecule has 110 valence electrons. The van der Waals surface area contributed by atoms with Crippen LogP contribution in [0.1, 0.15) is 24.4 Å². The van der Waals surface area contributed by atoms with Crippen molar-refractivity contribution in [2.75, 3.05) is 24.5 Å². The fourth-order valence-electron chi connectivity index (χ4n) is 3.00. The number of ether oxygens (including phenoxy) is 1. The van der Waals surface area contributed by atoms with Gasteiger partial charge in [-0.3, -0.25) is 5.10 Å². The number of nitrogens with one attached hydrogen (secondary N) is 2. The quantitative estimate of drug-likeness (QED) is 0.870. The van der Waals surface area contributed by atoms with Gasteiger partial charge >= 0.3 is 0 Å². The summed E-state index contributed by atoms with van der Waals surface area (Å²) in [5.74, 6) is 2.54. The Kier molecular flexibility index (Phi) is 3.03. The highest BCUT2D eigenvalue weighted by molar-refractivity contribution is 5.39. The van der Waals surface area contributed by atoms with Gasteiger partial charge in [-0.1, -0.05) is 18.2 Å². The highest BCUT2D eigenvalue weighted by Crippen LogP contribution is 2.35. The van der Waals surface area contributed by atoms with Crippen molar-refractivity contribution >= 4 is 5.95 Å². The summed E-state index contributed by atoms with van der Waals surface area (Å²) in [4.78, 5) is 6.85. The minimum atomic E-state index is -0.0519. The number of aromatic amines is 1. The van der Waals surface area contributed by atoms with Gasteiger partial charge in [0.05, 0.1) is 0 Å². The van der Waals surface area contributed by atoms with Crippen LogP contribution in [0.4, 0.5) is 5.95 Å². The molecule has 0 saturated carbocycles. The summed E-state index contributed by atoms with van der Waals surface area (Å²) in [5, 5.41) is 10.8. The average Bonchev–Trinajstić information content (AvgIpc) is 3.14. The van der Waals surface area contributed by atoms with Gasteiger partial charge in [0.2, 0.25) is 5.95 Å². The molecule has 3 heterocycles. The molecular weight excluding hydrogens is 266 g/mol. The molecule has 2 N–H and O–H groups in total. The maximum absolute atomic E-state index is 5.95. The summed E-state index contributed by atoms with van der Waals surface area (Å²) in [7, 11) is 0. The Labute approximate surface area is 123 Å². The van der Waals surface area contributed by atoms with E-state index >= 15 is 0 Å². The number of hydrogen-bond acceptors (Lipinski definition) is 5. The Bertz CT molecular complexity index is 615. The van der Waals surface area contributed by atoms with Gasteiger partial charge in [0.15, 0.2) is 11.9 Å². The first kappa shape index (κ1) is 12.6. The Morgan fingerprint density at radius 1 is 1.33 bits per heavy atom. The second-order valence-corrected chi connectivity index (χ2v) is 5.74. The number of H-pyrrole nitrogens is 1. The molecule has 2 aliphatic rings. The van der Waals surface area contributed by atoms with Crippen LogP contribution in [-0.2, 0) is 6.42 Å². The van der Waals surface area contributed by atoms with Crippen molar-refractivity contribution in [1.29, 1.82) is 0 Å². The molecule has 4 rings (SSSR count). The number of para-hydroxylation sites is 1. The molecule has 2 atom stereocenters. The van der Waals surface area contributed by atoms with Crippen molar-refractivity contribution in [1.82, 2.24) is 20.5 Å². The first-order valence-corrected chi connectivity index (χ1v) is 7.45. The minimum Gasteiger partial charge on any atom is -0.482 e. The van der Waals surface area contributed by atoms with Crippen molar-refractivity contribution in [3.05, 3.63) is 35.7 Å². The number of rotatable bonds is 2. The Morgan fingerprint density at radius 2 is 2.24 bits per heavy atom. The van der Waals surface area contributed by atoms with Crippen molar-refractivity contribution in [2.45, 2.75) is 25.5 Å². The van der Waals surface area contributed by atoms with Gasteiger partial charge in [-0.15, -0.1) is 5.10 Å². The molecule has 2 aromatic rings. The van der Waals surface area contributed by atoms with Crippen LogP contribution in [0, 0.1) is 0 Å². The fourth-order valence-corrected chi connectivity index (χ4v) is 3.00. The summed E-state index contributed by atoms with van der Waals surface area (Å²) in [6.45, 7) is 5.02. The number of aromatic nitrogens is 3. The molecule has 0 amide bonds. The minimum absolute atomic E-state index is 0.0519. The zero-order valence-corrected chi connectivity index (χ0v) is 12.0. The Morgan fingerprint density at radius 3 is 3.10 bits per heavy atom. The second kappa shape index (κ2) is 5.04.